The Morgan fingerprint density at radius 3 is 2.14 bits per heavy atom. The predicted octanol–water partition coefficient (Wildman–Crippen LogP) is 6.02. The topological polar surface area (TPSA) is 44.2 Å². The van der Waals surface area contributed by atoms with Crippen molar-refractivity contribution in [3.8, 4) is 11.6 Å². The third-order valence-corrected chi connectivity index (χ3v) is 3.92. The van der Waals surface area contributed by atoms with Crippen LogP contribution in [0.2, 0.25) is 0 Å². The van der Waals surface area contributed by atoms with Crippen molar-refractivity contribution in [3.63, 3.8) is 0 Å². The van der Waals surface area contributed by atoms with Crippen molar-refractivity contribution in [3.05, 3.63) is 47.2 Å². The monoisotopic (exact) mass is 394 g/mol. The molecule has 2 aromatic rings. The summed E-state index contributed by atoms with van der Waals surface area (Å²) in [6.07, 6.45) is 2.85. The van der Waals surface area contributed by atoms with Crippen LogP contribution in [0.4, 0.5) is 13.2 Å². The van der Waals surface area contributed by atoms with Crippen LogP contribution in [-0.2, 0) is 6.18 Å². The molecule has 2 rings (SSSR count). The largest absolute Gasteiger partial charge is 0.488 e. The molecular weight excluding hydrogens is 369 g/mol. The van der Waals surface area contributed by atoms with Crippen molar-refractivity contribution < 1.29 is 22.6 Å². The zero-order valence-electron chi connectivity index (χ0n) is 16.1. The Morgan fingerprint density at radius 1 is 0.893 bits per heavy atom. The van der Waals surface area contributed by atoms with Crippen LogP contribution in [0.15, 0.2) is 30.3 Å². The average molecular weight is 394 g/mol. The summed E-state index contributed by atoms with van der Waals surface area (Å²) in [5.41, 5.74) is 0.491. The summed E-state index contributed by atoms with van der Waals surface area (Å²) < 4.78 is 49.3. The molecule has 152 valence electrons. The lowest BCUT2D eigenvalue weighted by Gasteiger charge is -2.11. The molecule has 0 aliphatic rings. The normalized spacial score (nSPS) is 11.8. The number of halogens is 3. The second-order valence-electron chi connectivity index (χ2n) is 6.30. The zero-order valence-corrected chi connectivity index (χ0v) is 16.1. The van der Waals surface area contributed by atoms with Gasteiger partial charge in [-0.1, -0.05) is 44.9 Å². The van der Waals surface area contributed by atoms with Gasteiger partial charge < -0.3 is 9.47 Å². The number of hydrogen-bond acceptors (Lipinski definition) is 4. The van der Waals surface area contributed by atoms with Crippen LogP contribution >= 0.6 is 0 Å². The fraction of sp³-hybridized carbons (Fsp3) is 0.429. The van der Waals surface area contributed by atoms with Crippen molar-refractivity contribution >= 4 is 12.2 Å². The van der Waals surface area contributed by atoms with E-state index in [1.165, 1.54) is 12.1 Å². The van der Waals surface area contributed by atoms with Crippen LogP contribution in [-0.4, -0.2) is 23.4 Å². The predicted molar refractivity (Wildman–Crippen MR) is 103 cm³/mol. The van der Waals surface area contributed by atoms with Gasteiger partial charge in [0.1, 0.15) is 0 Å². The van der Waals surface area contributed by atoms with Gasteiger partial charge in [-0.25, -0.2) is 0 Å². The lowest BCUT2D eigenvalue weighted by atomic mass is 10.1. The fourth-order valence-electron chi connectivity index (χ4n) is 2.27. The third kappa shape index (κ3) is 6.87. The molecule has 0 spiro atoms. The van der Waals surface area contributed by atoms with Crippen LogP contribution in [0.25, 0.3) is 12.2 Å². The molecule has 28 heavy (non-hydrogen) atoms. The van der Waals surface area contributed by atoms with E-state index in [-0.39, 0.29) is 0 Å². The summed E-state index contributed by atoms with van der Waals surface area (Å²) in [6.45, 7) is 5.23. The molecule has 0 amide bonds. The number of hydrogen-bond donors (Lipinski definition) is 0. The maximum Gasteiger partial charge on any atom is 0.416 e. The zero-order chi connectivity index (χ0) is 20.4. The van der Waals surface area contributed by atoms with E-state index in [9.17, 15) is 13.2 Å². The molecule has 0 N–H and O–H groups in total. The van der Waals surface area contributed by atoms with Gasteiger partial charge in [0, 0.05) is 6.07 Å². The lowest BCUT2D eigenvalue weighted by Crippen LogP contribution is -2.05. The van der Waals surface area contributed by atoms with Gasteiger partial charge in [0.05, 0.1) is 24.5 Å². The first kappa shape index (κ1) is 21.7. The number of nitrogens with zero attached hydrogens (tertiary/aromatic N) is 2. The van der Waals surface area contributed by atoms with E-state index < -0.39 is 11.7 Å². The molecule has 7 heteroatoms. The number of alkyl halides is 3. The molecule has 0 aliphatic heterocycles. The average Bonchev–Trinajstić information content (AvgIpc) is 2.67. The van der Waals surface area contributed by atoms with E-state index in [4.69, 9.17) is 9.47 Å². The molecule has 0 saturated carbocycles. The minimum atomic E-state index is -4.34. The minimum Gasteiger partial charge on any atom is -0.488 e. The van der Waals surface area contributed by atoms with Gasteiger partial charge in [-0.2, -0.15) is 13.2 Å². The van der Waals surface area contributed by atoms with E-state index in [1.54, 1.807) is 18.2 Å². The molecule has 0 fully saturated rings. The molecule has 1 aromatic carbocycles. The second-order valence-corrected chi connectivity index (χ2v) is 6.30. The highest BCUT2D eigenvalue weighted by molar-refractivity contribution is 5.68. The van der Waals surface area contributed by atoms with Crippen LogP contribution in [0.5, 0.6) is 11.6 Å². The molecule has 4 nitrogen and oxygen atoms in total. The SMILES string of the molecule is CCCCOc1cc(/C=C/c2ccc(C(F)(F)F)cc2)nnc1OCCCC. The molecule has 0 saturated heterocycles. The first-order chi connectivity index (χ1) is 13.4. The van der Waals surface area contributed by atoms with Crippen molar-refractivity contribution in [1.29, 1.82) is 0 Å². The number of ether oxygens (including phenoxy) is 2. The molecule has 0 atom stereocenters. The fourth-order valence-corrected chi connectivity index (χ4v) is 2.27. The standard InChI is InChI=1S/C21H25F3N2O2/c1-3-5-13-27-19-15-18(25-26-20(19)28-14-6-4-2)12-9-16-7-10-17(11-8-16)21(22,23)24/h7-12,15H,3-6,13-14H2,1-2H3/b12-9+. The van der Waals surface area contributed by atoms with Gasteiger partial charge in [-0.3, -0.25) is 0 Å². The highest BCUT2D eigenvalue weighted by Crippen LogP contribution is 2.29. The third-order valence-electron chi connectivity index (χ3n) is 3.92. The quantitative estimate of drug-likeness (QED) is 0.462. The van der Waals surface area contributed by atoms with Gasteiger partial charge in [0.15, 0.2) is 5.75 Å². The van der Waals surface area contributed by atoms with Gasteiger partial charge in [-0.15, -0.1) is 10.2 Å². The summed E-state index contributed by atoms with van der Waals surface area (Å²) in [5.74, 6) is 0.878. The Hall–Kier alpha value is -2.57. The molecule has 1 aromatic heterocycles. The highest BCUT2D eigenvalue weighted by atomic mass is 19.4. The van der Waals surface area contributed by atoms with Gasteiger partial charge in [-0.05, 0) is 36.6 Å². The highest BCUT2D eigenvalue weighted by Gasteiger charge is 2.29. The van der Waals surface area contributed by atoms with E-state index in [1.807, 2.05) is 0 Å². The first-order valence-corrected chi connectivity index (χ1v) is 9.42. The molecule has 0 radical (unpaired) electrons. The van der Waals surface area contributed by atoms with Crippen LogP contribution in [0.3, 0.4) is 0 Å². The van der Waals surface area contributed by atoms with E-state index >= 15 is 0 Å². The number of rotatable bonds is 10. The van der Waals surface area contributed by atoms with Crippen molar-refractivity contribution in [2.45, 2.75) is 45.7 Å². The van der Waals surface area contributed by atoms with Gasteiger partial charge >= 0.3 is 6.18 Å². The summed E-state index contributed by atoms with van der Waals surface area (Å²) in [5, 5.41) is 8.19. The van der Waals surface area contributed by atoms with E-state index in [0.29, 0.717) is 36.1 Å². The Kier molecular flexibility index (Phi) is 8.29. The van der Waals surface area contributed by atoms with Crippen molar-refractivity contribution in [2.75, 3.05) is 13.2 Å². The van der Waals surface area contributed by atoms with Crippen molar-refractivity contribution in [1.82, 2.24) is 10.2 Å². The van der Waals surface area contributed by atoms with E-state index in [0.717, 1.165) is 37.8 Å². The summed E-state index contributed by atoms with van der Waals surface area (Å²) in [7, 11) is 0. The van der Waals surface area contributed by atoms with Crippen LogP contribution in [0, 0.1) is 0 Å². The molecule has 1 heterocycles. The summed E-state index contributed by atoms with van der Waals surface area (Å²) >= 11 is 0. The summed E-state index contributed by atoms with van der Waals surface area (Å²) in [4.78, 5) is 0. The smallest absolute Gasteiger partial charge is 0.416 e. The number of benzene rings is 1. The Balaban J connectivity index is 2.13. The Labute approximate surface area is 163 Å². The van der Waals surface area contributed by atoms with Gasteiger partial charge in [0.2, 0.25) is 0 Å². The van der Waals surface area contributed by atoms with Crippen LogP contribution in [0.1, 0.15) is 56.4 Å². The lowest BCUT2D eigenvalue weighted by molar-refractivity contribution is -0.137. The Morgan fingerprint density at radius 2 is 1.54 bits per heavy atom. The van der Waals surface area contributed by atoms with E-state index in [2.05, 4.69) is 24.0 Å². The maximum atomic E-state index is 12.6. The second kappa shape index (κ2) is 10.7. The van der Waals surface area contributed by atoms with Gasteiger partial charge in [0.25, 0.3) is 5.88 Å². The molecule has 0 bridgehead atoms. The Bertz CT molecular complexity index is 759. The summed E-state index contributed by atoms with van der Waals surface area (Å²) in [6, 6.07) is 6.65. The molecule has 0 aliphatic carbocycles. The number of aromatic nitrogens is 2. The first-order valence-electron chi connectivity index (χ1n) is 9.42. The minimum absolute atomic E-state index is 0.358. The number of unbranched alkanes of at least 4 members (excludes halogenated alkanes) is 2. The van der Waals surface area contributed by atoms with Crippen molar-refractivity contribution in [2.24, 2.45) is 0 Å². The van der Waals surface area contributed by atoms with Crippen LogP contribution < -0.4 is 9.47 Å². The molecular formula is C21H25F3N2O2. The maximum absolute atomic E-state index is 12.6. The molecule has 0 unspecified atom stereocenters.